The van der Waals surface area contributed by atoms with Crippen LogP contribution in [-0.2, 0) is 16.0 Å². The lowest BCUT2D eigenvalue weighted by Gasteiger charge is -2.18. The Bertz CT molecular complexity index is 570. The second-order valence-corrected chi connectivity index (χ2v) is 8.66. The number of hydrogen-bond donors (Lipinski definition) is 1. The molecule has 0 atom stereocenters. The van der Waals surface area contributed by atoms with Crippen LogP contribution in [0.5, 0.6) is 0 Å². The number of carbonyl (C=O) groups excluding carboxylic acids is 2. The molecule has 0 aliphatic heterocycles. The maximum absolute atomic E-state index is 14.1. The summed E-state index contributed by atoms with van der Waals surface area (Å²) in [6.45, 7) is 11.4. The summed E-state index contributed by atoms with van der Waals surface area (Å²) in [6.07, 6.45) is 0.328. The summed E-state index contributed by atoms with van der Waals surface area (Å²) in [4.78, 5) is 23.8. The highest BCUT2D eigenvalue weighted by Crippen LogP contribution is 2.25. The first-order valence-electron chi connectivity index (χ1n) is 8.06. The SMILES string of the molecule is CC(C)(C)CC(=O)Cc1cc(F)c(NC(=O)CC(C)(C)C)cc1F. The monoisotopic (exact) mass is 339 g/mol. The second-order valence-electron chi connectivity index (χ2n) is 8.66. The van der Waals surface area contributed by atoms with Crippen molar-refractivity contribution in [2.75, 3.05) is 5.32 Å². The summed E-state index contributed by atoms with van der Waals surface area (Å²) in [6, 6.07) is 1.93. The average molecular weight is 339 g/mol. The van der Waals surface area contributed by atoms with Gasteiger partial charge in [-0.1, -0.05) is 41.5 Å². The van der Waals surface area contributed by atoms with Crippen molar-refractivity contribution >= 4 is 17.4 Å². The standard InChI is InChI=1S/C19H27F2NO2/c1-18(2,3)10-13(23)7-12-8-15(21)16(9-14(12)20)22-17(24)11-19(4,5)6/h8-9H,7,10-11H2,1-6H3,(H,22,24). The molecule has 0 aliphatic rings. The van der Waals surface area contributed by atoms with Crippen LogP contribution in [0.3, 0.4) is 0 Å². The predicted molar refractivity (Wildman–Crippen MR) is 91.8 cm³/mol. The van der Waals surface area contributed by atoms with Crippen LogP contribution in [0.15, 0.2) is 12.1 Å². The maximum Gasteiger partial charge on any atom is 0.224 e. The number of benzene rings is 1. The third kappa shape index (κ3) is 7.20. The number of ketones is 1. The fourth-order valence-corrected chi connectivity index (χ4v) is 2.36. The number of amides is 1. The molecule has 1 aromatic rings. The molecule has 0 bridgehead atoms. The van der Waals surface area contributed by atoms with Gasteiger partial charge in [0.2, 0.25) is 5.91 Å². The molecule has 0 saturated heterocycles. The van der Waals surface area contributed by atoms with Gasteiger partial charge in [-0.15, -0.1) is 0 Å². The molecule has 0 fully saturated rings. The molecule has 0 radical (unpaired) electrons. The highest BCUT2D eigenvalue weighted by Gasteiger charge is 2.20. The first kappa shape index (κ1) is 20.3. The highest BCUT2D eigenvalue weighted by atomic mass is 19.1. The summed E-state index contributed by atoms with van der Waals surface area (Å²) in [5.41, 5.74) is -0.643. The molecule has 134 valence electrons. The van der Waals surface area contributed by atoms with Crippen LogP contribution >= 0.6 is 0 Å². The number of halogens is 2. The maximum atomic E-state index is 14.1. The van der Waals surface area contributed by atoms with Gasteiger partial charge in [-0.25, -0.2) is 8.78 Å². The van der Waals surface area contributed by atoms with Gasteiger partial charge in [0, 0.05) is 25.3 Å². The van der Waals surface area contributed by atoms with Gasteiger partial charge in [0.1, 0.15) is 17.4 Å². The zero-order valence-electron chi connectivity index (χ0n) is 15.3. The van der Waals surface area contributed by atoms with Crippen LogP contribution in [0.25, 0.3) is 0 Å². The van der Waals surface area contributed by atoms with Crippen LogP contribution < -0.4 is 5.32 Å². The van der Waals surface area contributed by atoms with Gasteiger partial charge in [-0.05, 0) is 22.5 Å². The normalized spacial score (nSPS) is 12.2. The van der Waals surface area contributed by atoms with Crippen molar-refractivity contribution in [3.05, 3.63) is 29.3 Å². The Balaban J connectivity index is 2.86. The van der Waals surface area contributed by atoms with Crippen LogP contribution in [-0.4, -0.2) is 11.7 Å². The van der Waals surface area contributed by atoms with Crippen molar-refractivity contribution in [2.24, 2.45) is 10.8 Å². The fourth-order valence-electron chi connectivity index (χ4n) is 2.36. The van der Waals surface area contributed by atoms with Crippen molar-refractivity contribution < 1.29 is 18.4 Å². The molecule has 0 aromatic heterocycles. The lowest BCUT2D eigenvalue weighted by atomic mass is 9.88. The molecule has 1 rings (SSSR count). The van der Waals surface area contributed by atoms with Crippen LogP contribution in [0, 0.1) is 22.5 Å². The van der Waals surface area contributed by atoms with E-state index in [1.54, 1.807) is 0 Å². The summed E-state index contributed by atoms with van der Waals surface area (Å²) in [5, 5.41) is 2.39. The van der Waals surface area contributed by atoms with Crippen molar-refractivity contribution in [2.45, 2.75) is 60.8 Å². The first-order valence-corrected chi connectivity index (χ1v) is 8.06. The van der Waals surface area contributed by atoms with E-state index in [4.69, 9.17) is 0 Å². The largest absolute Gasteiger partial charge is 0.323 e. The number of nitrogens with one attached hydrogen (secondary N) is 1. The summed E-state index contributed by atoms with van der Waals surface area (Å²) >= 11 is 0. The lowest BCUT2D eigenvalue weighted by Crippen LogP contribution is -2.20. The molecule has 0 aliphatic carbocycles. The van der Waals surface area contributed by atoms with Gasteiger partial charge in [0.15, 0.2) is 0 Å². The van der Waals surface area contributed by atoms with Gasteiger partial charge in [-0.2, -0.15) is 0 Å². The van der Waals surface area contributed by atoms with E-state index in [1.165, 1.54) is 0 Å². The van der Waals surface area contributed by atoms with Crippen molar-refractivity contribution in [1.82, 2.24) is 0 Å². The molecule has 1 N–H and O–H groups in total. The van der Waals surface area contributed by atoms with Crippen molar-refractivity contribution in [3.63, 3.8) is 0 Å². The Morgan fingerprint density at radius 1 is 0.917 bits per heavy atom. The third-order valence-electron chi connectivity index (χ3n) is 3.22. The Morgan fingerprint density at radius 3 is 1.96 bits per heavy atom. The zero-order valence-corrected chi connectivity index (χ0v) is 15.3. The van der Waals surface area contributed by atoms with E-state index in [9.17, 15) is 18.4 Å². The topological polar surface area (TPSA) is 46.2 Å². The molecule has 0 unspecified atom stereocenters. The molecule has 0 saturated carbocycles. The van der Waals surface area contributed by atoms with Crippen LogP contribution in [0.1, 0.15) is 59.9 Å². The van der Waals surface area contributed by atoms with Gasteiger partial charge < -0.3 is 5.32 Å². The molecular weight excluding hydrogens is 312 g/mol. The number of carbonyl (C=O) groups is 2. The van der Waals surface area contributed by atoms with E-state index in [2.05, 4.69) is 5.32 Å². The van der Waals surface area contributed by atoms with Crippen LogP contribution in [0.4, 0.5) is 14.5 Å². The Hall–Kier alpha value is -1.78. The average Bonchev–Trinajstić information content (AvgIpc) is 2.30. The predicted octanol–water partition coefficient (Wildman–Crippen LogP) is 4.89. The lowest BCUT2D eigenvalue weighted by molar-refractivity contribution is -0.120. The molecular formula is C19H27F2NO2. The smallest absolute Gasteiger partial charge is 0.224 e. The van der Waals surface area contributed by atoms with E-state index in [0.717, 1.165) is 12.1 Å². The van der Waals surface area contributed by atoms with Crippen molar-refractivity contribution in [3.8, 4) is 0 Å². The second kappa shape index (κ2) is 7.41. The minimum Gasteiger partial charge on any atom is -0.323 e. The molecule has 0 spiro atoms. The molecule has 24 heavy (non-hydrogen) atoms. The minimum atomic E-state index is -0.739. The first-order chi connectivity index (χ1) is 10.8. The third-order valence-corrected chi connectivity index (χ3v) is 3.22. The summed E-state index contributed by atoms with van der Waals surface area (Å²) < 4.78 is 28.3. The summed E-state index contributed by atoms with van der Waals surface area (Å²) in [7, 11) is 0. The molecule has 0 heterocycles. The van der Waals surface area contributed by atoms with Crippen LogP contribution in [0.2, 0.25) is 0 Å². The highest BCUT2D eigenvalue weighted by molar-refractivity contribution is 5.91. The van der Waals surface area contributed by atoms with Gasteiger partial charge in [0.25, 0.3) is 0 Å². The minimum absolute atomic E-state index is 0.00979. The van der Waals surface area contributed by atoms with E-state index < -0.39 is 11.6 Å². The van der Waals surface area contributed by atoms with E-state index in [1.807, 2.05) is 41.5 Å². The molecule has 1 amide bonds. The van der Waals surface area contributed by atoms with E-state index >= 15 is 0 Å². The number of rotatable bonds is 5. The molecule has 3 nitrogen and oxygen atoms in total. The Kier molecular flexibility index (Phi) is 6.26. The van der Waals surface area contributed by atoms with Gasteiger partial charge >= 0.3 is 0 Å². The van der Waals surface area contributed by atoms with Gasteiger partial charge in [0.05, 0.1) is 5.69 Å². The van der Waals surface area contributed by atoms with Crippen molar-refractivity contribution in [1.29, 1.82) is 0 Å². The molecule has 1 aromatic carbocycles. The van der Waals surface area contributed by atoms with E-state index in [0.29, 0.717) is 0 Å². The molecule has 5 heteroatoms. The van der Waals surface area contributed by atoms with E-state index in [-0.39, 0.29) is 53.0 Å². The zero-order chi connectivity index (χ0) is 18.7. The summed E-state index contributed by atoms with van der Waals surface area (Å²) in [5.74, 6) is -1.95. The fraction of sp³-hybridized carbons (Fsp3) is 0.579. The number of anilines is 1. The Labute approximate surface area is 142 Å². The Morgan fingerprint density at radius 2 is 1.46 bits per heavy atom. The number of Topliss-reactive ketones (excluding diaryl/α,β-unsaturated/α-hetero) is 1. The quantitative estimate of drug-likeness (QED) is 0.830. The number of hydrogen-bond acceptors (Lipinski definition) is 2. The van der Waals surface area contributed by atoms with Gasteiger partial charge in [-0.3, -0.25) is 9.59 Å².